The summed E-state index contributed by atoms with van der Waals surface area (Å²) in [5.41, 5.74) is 3.88. The molecule has 1 N–H and O–H groups in total. The number of carbonyl (C=O) groups excluding carboxylic acids is 1. The van der Waals surface area contributed by atoms with Crippen LogP contribution < -0.4 is 5.32 Å². The average molecular weight is 388 g/mol. The van der Waals surface area contributed by atoms with Crippen LogP contribution in [0.1, 0.15) is 40.6 Å². The normalized spacial score (nSPS) is 18.3. The zero-order valence-corrected chi connectivity index (χ0v) is 16.1. The van der Waals surface area contributed by atoms with Crippen molar-refractivity contribution in [3.05, 3.63) is 77.7 Å². The molecule has 0 spiro atoms. The van der Waals surface area contributed by atoms with Crippen molar-refractivity contribution in [1.82, 2.24) is 14.9 Å². The summed E-state index contributed by atoms with van der Waals surface area (Å²) in [5.74, 6) is 0.777. The monoisotopic (exact) mass is 388 g/mol. The van der Waals surface area contributed by atoms with Crippen LogP contribution >= 0.6 is 12.6 Å². The minimum Gasteiger partial charge on any atom is -0.349 e. The molecule has 5 nitrogen and oxygen atoms in total. The van der Waals surface area contributed by atoms with Gasteiger partial charge in [-0.25, -0.2) is 4.98 Å². The highest BCUT2D eigenvalue weighted by Crippen LogP contribution is 2.31. The van der Waals surface area contributed by atoms with E-state index in [1.54, 1.807) is 0 Å². The fourth-order valence-corrected chi connectivity index (χ4v) is 3.85. The van der Waals surface area contributed by atoms with Crippen molar-refractivity contribution in [2.75, 3.05) is 0 Å². The lowest BCUT2D eigenvalue weighted by Crippen LogP contribution is -2.25. The van der Waals surface area contributed by atoms with E-state index in [-0.39, 0.29) is 11.9 Å². The molecular weight excluding hydrogens is 368 g/mol. The van der Waals surface area contributed by atoms with Gasteiger partial charge in [0, 0.05) is 11.6 Å². The quantitative estimate of drug-likeness (QED) is 0.667. The number of fused-ring (bicyclic) bond motifs is 1. The Labute approximate surface area is 168 Å². The third-order valence-corrected chi connectivity index (χ3v) is 5.54. The van der Waals surface area contributed by atoms with E-state index in [2.05, 4.69) is 39.6 Å². The van der Waals surface area contributed by atoms with Crippen molar-refractivity contribution < 1.29 is 4.79 Å². The number of aromatic nitrogens is 2. The Bertz CT molecular complexity index is 1050. The van der Waals surface area contributed by atoms with Crippen LogP contribution in [-0.2, 0) is 6.54 Å². The Morgan fingerprint density at radius 2 is 1.82 bits per heavy atom. The van der Waals surface area contributed by atoms with Gasteiger partial charge in [0.2, 0.25) is 0 Å². The van der Waals surface area contributed by atoms with Gasteiger partial charge in [-0.15, -0.1) is 12.6 Å². The summed E-state index contributed by atoms with van der Waals surface area (Å²) in [6, 6.07) is 18.3. The van der Waals surface area contributed by atoms with E-state index in [9.17, 15) is 4.79 Å². The molecule has 5 rings (SSSR count). The highest BCUT2D eigenvalue weighted by molar-refractivity contribution is 7.97. The van der Waals surface area contributed by atoms with Crippen LogP contribution in [0.2, 0.25) is 0 Å². The number of benzene rings is 2. The third kappa shape index (κ3) is 3.24. The average Bonchev–Trinajstić information content (AvgIpc) is 3.44. The fraction of sp³-hybridized carbons (Fsp3) is 0.227. The first-order valence-corrected chi connectivity index (χ1v) is 9.92. The van der Waals surface area contributed by atoms with Crippen LogP contribution in [0, 0.1) is 0 Å². The minimum absolute atomic E-state index is 0.00159. The zero-order valence-electron chi connectivity index (χ0n) is 15.2. The number of amides is 1. The topological polar surface area (TPSA) is 59.3 Å². The Morgan fingerprint density at radius 1 is 1.07 bits per heavy atom. The molecule has 1 atom stereocenters. The number of carbonyl (C=O) groups is 1. The number of aliphatic imine (C=N–C) groups is 1. The fourth-order valence-electron chi connectivity index (χ4n) is 3.53. The van der Waals surface area contributed by atoms with Gasteiger partial charge >= 0.3 is 0 Å². The van der Waals surface area contributed by atoms with Gasteiger partial charge in [-0.3, -0.25) is 9.79 Å². The maximum absolute atomic E-state index is 12.2. The van der Waals surface area contributed by atoms with Crippen LogP contribution in [0.3, 0.4) is 0 Å². The SMILES string of the molecule is O=C(NC1CC1)c1ccc(-c2cnc3n2CC(c2ccccc2)N=C3S)cc1. The number of thiol groups is 1. The van der Waals surface area contributed by atoms with Crippen molar-refractivity contribution in [2.45, 2.75) is 31.5 Å². The first kappa shape index (κ1) is 17.3. The van der Waals surface area contributed by atoms with Crippen LogP contribution in [0.15, 0.2) is 65.8 Å². The first-order chi connectivity index (χ1) is 13.7. The lowest BCUT2D eigenvalue weighted by Gasteiger charge is -2.23. The van der Waals surface area contributed by atoms with Crippen LogP contribution in [0.4, 0.5) is 0 Å². The second-order valence-corrected chi connectivity index (χ2v) is 7.71. The van der Waals surface area contributed by atoms with Gasteiger partial charge in [0.05, 0.1) is 24.5 Å². The Morgan fingerprint density at radius 3 is 2.54 bits per heavy atom. The first-order valence-electron chi connectivity index (χ1n) is 9.48. The molecule has 1 unspecified atom stereocenters. The van der Waals surface area contributed by atoms with Gasteiger partial charge in [0.25, 0.3) is 5.91 Å². The van der Waals surface area contributed by atoms with E-state index >= 15 is 0 Å². The Hall–Kier alpha value is -2.86. The van der Waals surface area contributed by atoms with Crippen molar-refractivity contribution in [1.29, 1.82) is 0 Å². The number of hydrogen-bond donors (Lipinski definition) is 2. The zero-order chi connectivity index (χ0) is 19.1. The van der Waals surface area contributed by atoms with Crippen LogP contribution in [0.25, 0.3) is 11.3 Å². The smallest absolute Gasteiger partial charge is 0.251 e. The second-order valence-electron chi connectivity index (χ2n) is 7.28. The number of hydrogen-bond acceptors (Lipinski definition) is 3. The summed E-state index contributed by atoms with van der Waals surface area (Å²) in [6.07, 6.45) is 4.03. The summed E-state index contributed by atoms with van der Waals surface area (Å²) in [6.45, 7) is 0.711. The molecule has 1 fully saturated rings. The molecule has 28 heavy (non-hydrogen) atoms. The summed E-state index contributed by atoms with van der Waals surface area (Å²) < 4.78 is 2.16. The summed E-state index contributed by atoms with van der Waals surface area (Å²) >= 11 is 4.57. The number of imidazole rings is 1. The lowest BCUT2D eigenvalue weighted by atomic mass is 10.1. The molecule has 2 heterocycles. The van der Waals surface area contributed by atoms with Gasteiger partial charge in [-0.2, -0.15) is 0 Å². The van der Waals surface area contributed by atoms with E-state index in [1.165, 1.54) is 0 Å². The van der Waals surface area contributed by atoms with Crippen molar-refractivity contribution >= 4 is 23.6 Å². The molecule has 1 saturated carbocycles. The number of rotatable bonds is 4. The van der Waals surface area contributed by atoms with Gasteiger partial charge in [-0.05, 0) is 36.1 Å². The molecule has 6 heteroatoms. The van der Waals surface area contributed by atoms with E-state index in [1.807, 2.05) is 48.7 Å². The molecule has 3 aromatic rings. The molecule has 1 aromatic heterocycles. The molecule has 0 saturated heterocycles. The molecule has 2 aromatic carbocycles. The minimum atomic E-state index is -0.00159. The van der Waals surface area contributed by atoms with Gasteiger partial charge < -0.3 is 9.88 Å². The highest BCUT2D eigenvalue weighted by atomic mass is 32.1. The Kier molecular flexibility index (Phi) is 4.28. The van der Waals surface area contributed by atoms with E-state index in [0.29, 0.717) is 23.2 Å². The molecule has 0 bridgehead atoms. The summed E-state index contributed by atoms with van der Waals surface area (Å²) in [5, 5.41) is 3.67. The van der Waals surface area contributed by atoms with E-state index in [4.69, 9.17) is 4.99 Å². The maximum atomic E-state index is 12.2. The van der Waals surface area contributed by atoms with Crippen molar-refractivity contribution in [2.24, 2.45) is 4.99 Å². The third-order valence-electron chi connectivity index (χ3n) is 5.23. The van der Waals surface area contributed by atoms with E-state index < -0.39 is 0 Å². The molecular formula is C22H20N4OS. The van der Waals surface area contributed by atoms with Gasteiger partial charge in [0.1, 0.15) is 5.04 Å². The largest absolute Gasteiger partial charge is 0.349 e. The molecule has 2 aliphatic rings. The highest BCUT2D eigenvalue weighted by Gasteiger charge is 2.25. The number of nitrogens with zero attached hydrogens (tertiary/aromatic N) is 3. The summed E-state index contributed by atoms with van der Waals surface area (Å²) in [7, 11) is 0. The maximum Gasteiger partial charge on any atom is 0.251 e. The summed E-state index contributed by atoms with van der Waals surface area (Å²) in [4.78, 5) is 21.5. The lowest BCUT2D eigenvalue weighted by molar-refractivity contribution is 0.0951. The standard InChI is InChI=1S/C22H20N4OS/c27-21(24-17-10-11-17)16-8-6-15(7-9-16)19-12-23-20-22(28)25-18(13-26(19)20)14-4-2-1-3-5-14/h1-9,12,17-18H,10-11,13H2,(H,24,27)(H,25,28). The molecule has 140 valence electrons. The van der Waals surface area contributed by atoms with E-state index in [0.717, 1.165) is 35.5 Å². The van der Waals surface area contributed by atoms with Gasteiger partial charge in [-0.1, -0.05) is 42.5 Å². The molecule has 1 aliphatic heterocycles. The molecule has 1 aliphatic carbocycles. The number of nitrogens with one attached hydrogen (secondary N) is 1. The van der Waals surface area contributed by atoms with Crippen molar-refractivity contribution in [3.63, 3.8) is 0 Å². The predicted molar refractivity (Wildman–Crippen MR) is 113 cm³/mol. The van der Waals surface area contributed by atoms with Crippen molar-refractivity contribution in [3.8, 4) is 11.3 Å². The van der Waals surface area contributed by atoms with Crippen LogP contribution in [0.5, 0.6) is 0 Å². The second kappa shape index (κ2) is 6.95. The van der Waals surface area contributed by atoms with Gasteiger partial charge in [0.15, 0.2) is 5.82 Å². The molecule has 1 amide bonds. The predicted octanol–water partition coefficient (Wildman–Crippen LogP) is 3.87. The van der Waals surface area contributed by atoms with Crippen LogP contribution in [-0.4, -0.2) is 26.5 Å². The molecule has 0 radical (unpaired) electrons. The Balaban J connectivity index is 1.44.